The number of anilines is 2. The van der Waals surface area contributed by atoms with Gasteiger partial charge in [0.15, 0.2) is 0 Å². The maximum absolute atomic E-state index is 6.09. The van der Waals surface area contributed by atoms with Crippen molar-refractivity contribution in [2.24, 2.45) is 0 Å². The fraction of sp³-hybridized carbons (Fsp3) is 0.0833. The molecular formula is C24H20ClN3. The lowest BCUT2D eigenvalue weighted by molar-refractivity contribution is 0.772. The van der Waals surface area contributed by atoms with Crippen LogP contribution in [-0.2, 0) is 0 Å². The second-order valence-corrected chi connectivity index (χ2v) is 7.00. The zero-order valence-electron chi connectivity index (χ0n) is 15.5. The summed E-state index contributed by atoms with van der Waals surface area (Å²) in [6.07, 6.45) is 7.34. The predicted molar refractivity (Wildman–Crippen MR) is 116 cm³/mol. The topological polar surface area (TPSA) is 29.0 Å². The molecule has 28 heavy (non-hydrogen) atoms. The molecule has 2 aromatic carbocycles. The van der Waals surface area contributed by atoms with Gasteiger partial charge in [0, 0.05) is 17.4 Å². The highest BCUT2D eigenvalue weighted by molar-refractivity contribution is 6.30. The van der Waals surface area contributed by atoms with E-state index in [-0.39, 0.29) is 6.04 Å². The van der Waals surface area contributed by atoms with Crippen LogP contribution in [0.4, 0.5) is 11.4 Å². The molecule has 0 aliphatic rings. The van der Waals surface area contributed by atoms with Gasteiger partial charge in [-0.05, 0) is 60.0 Å². The van der Waals surface area contributed by atoms with E-state index < -0.39 is 0 Å². The van der Waals surface area contributed by atoms with Crippen molar-refractivity contribution >= 4 is 23.0 Å². The van der Waals surface area contributed by atoms with Crippen LogP contribution in [0.3, 0.4) is 0 Å². The summed E-state index contributed by atoms with van der Waals surface area (Å²) in [5.41, 5.74) is 5.59. The SMILES string of the molecule is CC(c1ccccc1-c1ccc(Cl)cc1)N(c1cccnc1)c1cccnc1. The number of benzene rings is 2. The molecule has 4 aromatic rings. The van der Waals surface area contributed by atoms with Gasteiger partial charge >= 0.3 is 0 Å². The summed E-state index contributed by atoms with van der Waals surface area (Å²) in [4.78, 5) is 10.9. The first kappa shape index (κ1) is 18.2. The predicted octanol–water partition coefficient (Wildman–Crippen LogP) is 6.70. The molecule has 0 saturated heterocycles. The molecule has 0 spiro atoms. The number of hydrogen-bond acceptors (Lipinski definition) is 3. The highest BCUT2D eigenvalue weighted by atomic mass is 35.5. The van der Waals surface area contributed by atoms with E-state index in [9.17, 15) is 0 Å². The zero-order valence-corrected chi connectivity index (χ0v) is 16.3. The molecule has 0 N–H and O–H groups in total. The van der Waals surface area contributed by atoms with Gasteiger partial charge in [-0.2, -0.15) is 0 Å². The minimum atomic E-state index is 0.0697. The normalized spacial score (nSPS) is 11.8. The van der Waals surface area contributed by atoms with E-state index in [2.05, 4.69) is 70.3 Å². The van der Waals surface area contributed by atoms with E-state index in [0.717, 1.165) is 22.0 Å². The van der Waals surface area contributed by atoms with Gasteiger partial charge in [-0.25, -0.2) is 0 Å². The number of pyridine rings is 2. The molecule has 2 aromatic heterocycles. The Bertz CT molecular complexity index is 995. The van der Waals surface area contributed by atoms with Crippen LogP contribution < -0.4 is 4.90 Å². The van der Waals surface area contributed by atoms with Crippen molar-refractivity contribution in [1.82, 2.24) is 9.97 Å². The van der Waals surface area contributed by atoms with Crippen molar-refractivity contribution in [2.75, 3.05) is 4.90 Å². The van der Waals surface area contributed by atoms with Crippen LogP contribution in [-0.4, -0.2) is 9.97 Å². The lowest BCUT2D eigenvalue weighted by Gasteiger charge is -2.32. The van der Waals surface area contributed by atoms with E-state index in [0.29, 0.717) is 0 Å². The van der Waals surface area contributed by atoms with Crippen LogP contribution in [0, 0.1) is 0 Å². The molecule has 1 unspecified atom stereocenters. The molecule has 0 aliphatic heterocycles. The van der Waals surface area contributed by atoms with E-state index in [1.165, 1.54) is 11.1 Å². The van der Waals surface area contributed by atoms with Crippen molar-refractivity contribution < 1.29 is 0 Å². The van der Waals surface area contributed by atoms with E-state index in [1.54, 1.807) is 12.4 Å². The molecule has 3 nitrogen and oxygen atoms in total. The van der Waals surface area contributed by atoms with Crippen LogP contribution in [0.5, 0.6) is 0 Å². The number of nitrogens with zero attached hydrogens (tertiary/aromatic N) is 3. The highest BCUT2D eigenvalue weighted by Gasteiger charge is 2.21. The Hall–Kier alpha value is -3.17. The summed E-state index contributed by atoms with van der Waals surface area (Å²) in [5.74, 6) is 0. The third-order valence-corrected chi connectivity index (χ3v) is 5.05. The van der Waals surface area contributed by atoms with Crippen molar-refractivity contribution in [1.29, 1.82) is 0 Å². The monoisotopic (exact) mass is 385 g/mol. The van der Waals surface area contributed by atoms with Gasteiger partial charge in [0.05, 0.1) is 29.8 Å². The van der Waals surface area contributed by atoms with Crippen LogP contribution in [0.1, 0.15) is 18.5 Å². The Kier molecular flexibility index (Phi) is 5.36. The minimum absolute atomic E-state index is 0.0697. The van der Waals surface area contributed by atoms with Crippen LogP contribution in [0.2, 0.25) is 5.02 Å². The van der Waals surface area contributed by atoms with Crippen LogP contribution >= 0.6 is 11.6 Å². The first-order valence-electron chi connectivity index (χ1n) is 9.18. The third kappa shape index (κ3) is 3.75. The van der Waals surface area contributed by atoms with E-state index >= 15 is 0 Å². The zero-order chi connectivity index (χ0) is 19.3. The van der Waals surface area contributed by atoms with E-state index in [4.69, 9.17) is 11.6 Å². The van der Waals surface area contributed by atoms with Gasteiger partial charge < -0.3 is 4.90 Å². The standard InChI is InChI=1S/C24H20ClN3/c1-18(23-8-2-3-9-24(23)19-10-12-20(25)13-11-19)28(21-6-4-14-26-16-21)22-7-5-15-27-17-22/h2-18H,1H3. The van der Waals surface area contributed by atoms with Crippen molar-refractivity contribution in [3.05, 3.63) is 108 Å². The quantitative estimate of drug-likeness (QED) is 0.383. The van der Waals surface area contributed by atoms with Crippen molar-refractivity contribution in [3.8, 4) is 11.1 Å². The Balaban J connectivity index is 1.82. The molecule has 0 radical (unpaired) electrons. The highest BCUT2D eigenvalue weighted by Crippen LogP contribution is 2.38. The second-order valence-electron chi connectivity index (χ2n) is 6.56. The first-order valence-corrected chi connectivity index (χ1v) is 9.56. The molecule has 138 valence electrons. The van der Waals surface area contributed by atoms with Crippen molar-refractivity contribution in [2.45, 2.75) is 13.0 Å². The molecule has 4 rings (SSSR count). The summed E-state index contributed by atoms with van der Waals surface area (Å²) in [6.45, 7) is 2.20. The van der Waals surface area contributed by atoms with Crippen molar-refractivity contribution in [3.63, 3.8) is 0 Å². The smallest absolute Gasteiger partial charge is 0.0603 e. The van der Waals surface area contributed by atoms with Gasteiger partial charge in [0.1, 0.15) is 0 Å². The molecule has 2 heterocycles. The summed E-state index contributed by atoms with van der Waals surface area (Å²) < 4.78 is 0. The van der Waals surface area contributed by atoms with Gasteiger partial charge in [-0.1, -0.05) is 48.0 Å². The number of hydrogen-bond donors (Lipinski definition) is 0. The summed E-state index contributed by atoms with van der Waals surface area (Å²) in [7, 11) is 0. The average Bonchev–Trinajstić information content (AvgIpc) is 2.76. The summed E-state index contributed by atoms with van der Waals surface area (Å²) >= 11 is 6.09. The molecule has 0 bridgehead atoms. The van der Waals surface area contributed by atoms with Gasteiger partial charge in [0.2, 0.25) is 0 Å². The Morgan fingerprint density at radius 3 is 1.93 bits per heavy atom. The first-order chi connectivity index (χ1) is 13.7. The maximum Gasteiger partial charge on any atom is 0.0603 e. The maximum atomic E-state index is 6.09. The fourth-order valence-corrected chi connectivity index (χ4v) is 3.61. The molecule has 1 atom stereocenters. The number of rotatable bonds is 5. The van der Waals surface area contributed by atoms with Gasteiger partial charge in [-0.3, -0.25) is 9.97 Å². The van der Waals surface area contributed by atoms with Crippen LogP contribution in [0.25, 0.3) is 11.1 Å². The third-order valence-electron chi connectivity index (χ3n) is 4.80. The fourth-order valence-electron chi connectivity index (χ4n) is 3.48. The molecule has 0 fully saturated rings. The van der Waals surface area contributed by atoms with Gasteiger partial charge in [0.25, 0.3) is 0 Å². The van der Waals surface area contributed by atoms with Gasteiger partial charge in [-0.15, -0.1) is 0 Å². The molecule has 0 amide bonds. The van der Waals surface area contributed by atoms with Crippen LogP contribution in [0.15, 0.2) is 97.6 Å². The second kappa shape index (κ2) is 8.24. The molecular weight excluding hydrogens is 366 g/mol. The largest absolute Gasteiger partial charge is 0.332 e. The Morgan fingerprint density at radius 2 is 1.36 bits per heavy atom. The number of halogens is 1. The average molecular weight is 386 g/mol. The lowest BCUT2D eigenvalue weighted by atomic mass is 9.94. The summed E-state index contributed by atoms with van der Waals surface area (Å²) in [6, 6.07) is 24.6. The molecule has 0 aliphatic carbocycles. The summed E-state index contributed by atoms with van der Waals surface area (Å²) in [5, 5.41) is 0.738. The van der Waals surface area contributed by atoms with E-state index in [1.807, 2.05) is 36.7 Å². The lowest BCUT2D eigenvalue weighted by Crippen LogP contribution is -2.22. The number of aromatic nitrogens is 2. The molecule has 0 saturated carbocycles. The molecule has 4 heteroatoms. The Labute approximate surface area is 170 Å². The Morgan fingerprint density at radius 1 is 0.750 bits per heavy atom. The minimum Gasteiger partial charge on any atom is -0.332 e.